The van der Waals surface area contributed by atoms with Crippen molar-refractivity contribution in [2.45, 2.75) is 32.5 Å². The summed E-state index contributed by atoms with van der Waals surface area (Å²) in [5.41, 5.74) is 6.18. The van der Waals surface area contributed by atoms with Gasteiger partial charge in [0.2, 0.25) is 5.88 Å². The first-order chi connectivity index (χ1) is 10.6. The molecule has 1 saturated heterocycles. The summed E-state index contributed by atoms with van der Waals surface area (Å²) in [7, 11) is 0. The Kier molecular flexibility index (Phi) is 6.46. The fraction of sp³-hybridized carbons (Fsp3) is 0.600. The molecule has 1 aliphatic heterocycles. The maximum Gasteiger partial charge on any atom is 0.422 e. The standard InChI is InChI=1S/C15H20F3N3O2.ClH/c1-14(2)8-21(6-5-11(14)19)13(22)10-3-4-12(20-7-10)23-9-15(16,17)18;/h3-4,7,11H,5-6,8-9,19H2,1-2H3;1H. The molecular formula is C15H21ClF3N3O2. The molecule has 1 fully saturated rings. The summed E-state index contributed by atoms with van der Waals surface area (Å²) in [6.45, 7) is 3.67. The molecule has 0 aromatic carbocycles. The van der Waals surface area contributed by atoms with Crippen molar-refractivity contribution in [3.05, 3.63) is 23.9 Å². The molecule has 1 unspecified atom stereocenters. The van der Waals surface area contributed by atoms with Crippen molar-refractivity contribution < 1.29 is 22.7 Å². The number of nitrogens with zero attached hydrogens (tertiary/aromatic N) is 2. The van der Waals surface area contributed by atoms with Crippen LogP contribution < -0.4 is 10.5 Å². The molecule has 1 aromatic heterocycles. The molecule has 0 aliphatic carbocycles. The molecule has 1 atom stereocenters. The summed E-state index contributed by atoms with van der Waals surface area (Å²) in [5, 5.41) is 0. The van der Waals surface area contributed by atoms with Crippen LogP contribution in [-0.2, 0) is 0 Å². The van der Waals surface area contributed by atoms with Gasteiger partial charge in [0.1, 0.15) is 0 Å². The minimum Gasteiger partial charge on any atom is -0.468 e. The number of piperidine rings is 1. The number of ether oxygens (including phenoxy) is 1. The third kappa shape index (κ3) is 5.24. The Morgan fingerprint density at radius 1 is 1.46 bits per heavy atom. The predicted octanol–water partition coefficient (Wildman–Crippen LogP) is 2.64. The Labute approximate surface area is 144 Å². The lowest BCUT2D eigenvalue weighted by Gasteiger charge is -2.42. The normalized spacial score (nSPS) is 20.2. The molecule has 5 nitrogen and oxygen atoms in total. The van der Waals surface area contributed by atoms with Crippen LogP contribution in [0.25, 0.3) is 0 Å². The van der Waals surface area contributed by atoms with Crippen LogP contribution in [0.3, 0.4) is 0 Å². The number of hydrogen-bond acceptors (Lipinski definition) is 4. The lowest BCUT2D eigenvalue weighted by atomic mass is 9.79. The largest absolute Gasteiger partial charge is 0.468 e. The smallest absolute Gasteiger partial charge is 0.422 e. The highest BCUT2D eigenvalue weighted by Gasteiger charge is 2.35. The molecule has 2 N–H and O–H groups in total. The second-order valence-corrected chi connectivity index (χ2v) is 6.40. The zero-order valence-electron chi connectivity index (χ0n) is 13.5. The highest BCUT2D eigenvalue weighted by Crippen LogP contribution is 2.28. The molecule has 0 bridgehead atoms. The molecule has 136 valence electrons. The molecule has 1 amide bonds. The van der Waals surface area contributed by atoms with Gasteiger partial charge in [-0.05, 0) is 17.9 Å². The monoisotopic (exact) mass is 367 g/mol. The summed E-state index contributed by atoms with van der Waals surface area (Å²) >= 11 is 0. The van der Waals surface area contributed by atoms with Crippen LogP contribution in [0.15, 0.2) is 18.3 Å². The highest BCUT2D eigenvalue weighted by atomic mass is 35.5. The van der Waals surface area contributed by atoms with Crippen LogP contribution in [0.5, 0.6) is 5.88 Å². The number of hydrogen-bond donors (Lipinski definition) is 1. The van der Waals surface area contributed by atoms with Crippen LogP contribution in [0.1, 0.15) is 30.6 Å². The Morgan fingerprint density at radius 2 is 2.12 bits per heavy atom. The van der Waals surface area contributed by atoms with Gasteiger partial charge < -0.3 is 15.4 Å². The van der Waals surface area contributed by atoms with Gasteiger partial charge >= 0.3 is 6.18 Å². The summed E-state index contributed by atoms with van der Waals surface area (Å²) in [6.07, 6.45) is -2.48. The van der Waals surface area contributed by atoms with Gasteiger partial charge in [-0.25, -0.2) is 4.98 Å². The van der Waals surface area contributed by atoms with Gasteiger partial charge in [-0.3, -0.25) is 4.79 Å². The lowest BCUT2D eigenvalue weighted by Crippen LogP contribution is -2.54. The number of alkyl halides is 3. The van der Waals surface area contributed by atoms with Crippen LogP contribution in [0.4, 0.5) is 13.2 Å². The van der Waals surface area contributed by atoms with Gasteiger partial charge in [-0.15, -0.1) is 12.4 Å². The van der Waals surface area contributed by atoms with Gasteiger partial charge in [0, 0.05) is 31.4 Å². The van der Waals surface area contributed by atoms with Crippen molar-refractivity contribution in [1.29, 1.82) is 0 Å². The van der Waals surface area contributed by atoms with E-state index in [-0.39, 0.29) is 35.7 Å². The number of rotatable bonds is 3. The van der Waals surface area contributed by atoms with Crippen LogP contribution in [0, 0.1) is 5.41 Å². The second kappa shape index (κ2) is 7.57. The first kappa shape index (κ1) is 20.5. The molecule has 0 spiro atoms. The minimum absolute atomic E-state index is 0. The SMILES string of the molecule is CC1(C)CN(C(=O)c2ccc(OCC(F)(F)F)nc2)CCC1N.Cl. The zero-order chi connectivity index (χ0) is 17.3. The lowest BCUT2D eigenvalue weighted by molar-refractivity contribution is -0.154. The number of amides is 1. The molecule has 1 aromatic rings. The second-order valence-electron chi connectivity index (χ2n) is 6.40. The van der Waals surface area contributed by atoms with Crippen LogP contribution in [0.2, 0.25) is 0 Å². The Morgan fingerprint density at radius 3 is 2.62 bits per heavy atom. The fourth-order valence-corrected chi connectivity index (χ4v) is 2.48. The number of carbonyl (C=O) groups is 1. The van der Waals surface area contributed by atoms with Crippen LogP contribution in [-0.4, -0.2) is 47.7 Å². The summed E-state index contributed by atoms with van der Waals surface area (Å²) in [4.78, 5) is 17.9. The maximum absolute atomic E-state index is 12.4. The molecule has 1 aliphatic rings. The first-order valence-corrected chi connectivity index (χ1v) is 7.29. The Balaban J connectivity index is 0.00000288. The summed E-state index contributed by atoms with van der Waals surface area (Å²) < 4.78 is 40.7. The van der Waals surface area contributed by atoms with E-state index >= 15 is 0 Å². The summed E-state index contributed by atoms with van der Waals surface area (Å²) in [6, 6.07) is 2.71. The third-order valence-electron chi connectivity index (χ3n) is 3.97. The third-order valence-corrected chi connectivity index (χ3v) is 3.97. The fourth-order valence-electron chi connectivity index (χ4n) is 2.48. The number of halogens is 4. The zero-order valence-corrected chi connectivity index (χ0v) is 14.3. The topological polar surface area (TPSA) is 68.5 Å². The molecule has 0 saturated carbocycles. The quantitative estimate of drug-likeness (QED) is 0.891. The predicted molar refractivity (Wildman–Crippen MR) is 85.3 cm³/mol. The molecule has 24 heavy (non-hydrogen) atoms. The van der Waals surface area contributed by atoms with E-state index in [1.54, 1.807) is 4.90 Å². The highest BCUT2D eigenvalue weighted by molar-refractivity contribution is 5.94. The van der Waals surface area contributed by atoms with E-state index < -0.39 is 12.8 Å². The molecular weight excluding hydrogens is 347 g/mol. The number of aromatic nitrogens is 1. The van der Waals surface area contributed by atoms with Gasteiger partial charge in [0.25, 0.3) is 5.91 Å². The van der Waals surface area contributed by atoms with E-state index in [2.05, 4.69) is 9.72 Å². The number of likely N-dealkylation sites (tertiary alicyclic amines) is 1. The van der Waals surface area contributed by atoms with E-state index in [1.165, 1.54) is 18.3 Å². The average Bonchev–Trinajstić information content (AvgIpc) is 2.47. The van der Waals surface area contributed by atoms with Crippen molar-refractivity contribution >= 4 is 18.3 Å². The Hall–Kier alpha value is -1.54. The minimum atomic E-state index is -4.42. The van der Waals surface area contributed by atoms with Gasteiger partial charge in [0.15, 0.2) is 6.61 Å². The van der Waals surface area contributed by atoms with E-state index in [9.17, 15) is 18.0 Å². The van der Waals surface area contributed by atoms with Gasteiger partial charge in [-0.2, -0.15) is 13.2 Å². The molecule has 2 rings (SSSR count). The number of pyridine rings is 1. The van der Waals surface area contributed by atoms with Crippen molar-refractivity contribution in [2.75, 3.05) is 19.7 Å². The van der Waals surface area contributed by atoms with Gasteiger partial charge in [0.05, 0.1) is 5.56 Å². The molecule has 0 radical (unpaired) electrons. The van der Waals surface area contributed by atoms with Crippen molar-refractivity contribution in [2.24, 2.45) is 11.1 Å². The molecule has 2 heterocycles. The van der Waals surface area contributed by atoms with Gasteiger partial charge in [-0.1, -0.05) is 13.8 Å². The Bertz CT molecular complexity index is 564. The van der Waals surface area contributed by atoms with E-state index in [0.29, 0.717) is 25.1 Å². The van der Waals surface area contributed by atoms with Crippen molar-refractivity contribution in [3.8, 4) is 5.88 Å². The first-order valence-electron chi connectivity index (χ1n) is 7.29. The van der Waals surface area contributed by atoms with Crippen molar-refractivity contribution in [1.82, 2.24) is 9.88 Å². The average molecular weight is 368 g/mol. The van der Waals surface area contributed by atoms with E-state index in [1.807, 2.05) is 13.8 Å². The summed E-state index contributed by atoms with van der Waals surface area (Å²) in [5.74, 6) is -0.375. The van der Waals surface area contributed by atoms with Crippen LogP contribution >= 0.6 is 12.4 Å². The maximum atomic E-state index is 12.4. The van der Waals surface area contributed by atoms with E-state index in [4.69, 9.17) is 5.73 Å². The number of carbonyl (C=O) groups excluding carboxylic acids is 1. The molecule has 9 heteroatoms. The van der Waals surface area contributed by atoms with Crippen molar-refractivity contribution in [3.63, 3.8) is 0 Å². The van der Waals surface area contributed by atoms with E-state index in [0.717, 1.165) is 0 Å². The number of nitrogens with two attached hydrogens (primary N) is 1.